The van der Waals surface area contributed by atoms with Crippen LogP contribution in [0.5, 0.6) is 5.88 Å². The van der Waals surface area contributed by atoms with Crippen molar-refractivity contribution in [1.29, 1.82) is 0 Å². The molecule has 5 heteroatoms. The summed E-state index contributed by atoms with van der Waals surface area (Å²) < 4.78 is 5.15. The SMILES string of the molecule is COc1cc(NC(C)Cc2ccc(C)s2)nc(C)n1. The van der Waals surface area contributed by atoms with Gasteiger partial charge in [0.15, 0.2) is 0 Å². The van der Waals surface area contributed by atoms with Crippen LogP contribution in [0.1, 0.15) is 22.5 Å². The minimum Gasteiger partial charge on any atom is -0.481 e. The Morgan fingerprint density at radius 2 is 2.11 bits per heavy atom. The third-order valence-electron chi connectivity index (χ3n) is 2.72. The van der Waals surface area contributed by atoms with Crippen molar-refractivity contribution in [3.63, 3.8) is 0 Å². The molecule has 0 amide bonds. The van der Waals surface area contributed by atoms with Gasteiger partial charge in [-0.25, -0.2) is 4.98 Å². The zero-order valence-corrected chi connectivity index (χ0v) is 12.5. The summed E-state index contributed by atoms with van der Waals surface area (Å²) in [6.45, 7) is 6.14. The molecule has 0 aliphatic carbocycles. The monoisotopic (exact) mass is 277 g/mol. The Balaban J connectivity index is 2.02. The van der Waals surface area contributed by atoms with E-state index < -0.39 is 0 Å². The molecule has 0 saturated heterocycles. The van der Waals surface area contributed by atoms with Crippen molar-refractivity contribution in [2.24, 2.45) is 0 Å². The van der Waals surface area contributed by atoms with Gasteiger partial charge in [0.05, 0.1) is 7.11 Å². The summed E-state index contributed by atoms with van der Waals surface area (Å²) in [6.07, 6.45) is 0.990. The van der Waals surface area contributed by atoms with Gasteiger partial charge < -0.3 is 10.1 Å². The Morgan fingerprint density at radius 1 is 1.32 bits per heavy atom. The van der Waals surface area contributed by atoms with Crippen LogP contribution in [0.3, 0.4) is 0 Å². The first-order valence-corrected chi connectivity index (χ1v) is 7.10. The molecular weight excluding hydrogens is 258 g/mol. The maximum Gasteiger partial charge on any atom is 0.218 e. The maximum atomic E-state index is 5.15. The molecule has 0 aliphatic rings. The van der Waals surface area contributed by atoms with Crippen LogP contribution in [0.2, 0.25) is 0 Å². The highest BCUT2D eigenvalue weighted by atomic mass is 32.1. The third kappa shape index (κ3) is 3.92. The number of thiophene rings is 1. The lowest BCUT2D eigenvalue weighted by Crippen LogP contribution is -2.18. The third-order valence-corrected chi connectivity index (χ3v) is 3.74. The van der Waals surface area contributed by atoms with E-state index in [1.54, 1.807) is 7.11 Å². The van der Waals surface area contributed by atoms with Gasteiger partial charge in [0.25, 0.3) is 0 Å². The Bertz CT molecular complexity index is 553. The second-order valence-corrected chi connectivity index (χ2v) is 5.98. The van der Waals surface area contributed by atoms with E-state index in [1.165, 1.54) is 9.75 Å². The number of nitrogens with one attached hydrogen (secondary N) is 1. The average Bonchev–Trinajstić information content (AvgIpc) is 2.73. The lowest BCUT2D eigenvalue weighted by Gasteiger charge is -2.14. The first-order chi connectivity index (χ1) is 9.06. The first kappa shape index (κ1) is 13.8. The topological polar surface area (TPSA) is 47.0 Å². The van der Waals surface area contributed by atoms with Crippen LogP contribution in [-0.2, 0) is 6.42 Å². The van der Waals surface area contributed by atoms with E-state index in [0.717, 1.165) is 12.2 Å². The summed E-state index contributed by atoms with van der Waals surface area (Å²) in [5.74, 6) is 2.11. The minimum absolute atomic E-state index is 0.317. The summed E-state index contributed by atoms with van der Waals surface area (Å²) >= 11 is 1.84. The number of aromatic nitrogens is 2. The minimum atomic E-state index is 0.317. The summed E-state index contributed by atoms with van der Waals surface area (Å²) in [5, 5.41) is 3.39. The van der Waals surface area contributed by atoms with Crippen LogP contribution in [0.4, 0.5) is 5.82 Å². The predicted octanol–water partition coefficient (Wildman–Crippen LogP) is 3.21. The average molecular weight is 277 g/mol. The Morgan fingerprint density at radius 3 is 2.74 bits per heavy atom. The molecule has 19 heavy (non-hydrogen) atoms. The van der Waals surface area contributed by atoms with E-state index in [0.29, 0.717) is 17.7 Å². The van der Waals surface area contributed by atoms with Crippen molar-refractivity contribution in [1.82, 2.24) is 9.97 Å². The van der Waals surface area contributed by atoms with Crippen molar-refractivity contribution in [2.75, 3.05) is 12.4 Å². The smallest absolute Gasteiger partial charge is 0.218 e. The normalized spacial score (nSPS) is 12.2. The van der Waals surface area contributed by atoms with Gasteiger partial charge in [-0.3, -0.25) is 0 Å². The number of nitrogens with zero attached hydrogens (tertiary/aromatic N) is 2. The van der Waals surface area contributed by atoms with Crippen LogP contribution in [0, 0.1) is 13.8 Å². The van der Waals surface area contributed by atoms with Gasteiger partial charge in [0.2, 0.25) is 5.88 Å². The molecule has 2 aromatic heterocycles. The van der Waals surface area contributed by atoms with Gasteiger partial charge in [-0.2, -0.15) is 4.98 Å². The van der Waals surface area contributed by atoms with Gasteiger partial charge in [-0.05, 0) is 32.9 Å². The fourth-order valence-electron chi connectivity index (χ4n) is 1.92. The van der Waals surface area contributed by atoms with Gasteiger partial charge in [-0.1, -0.05) is 0 Å². The van der Waals surface area contributed by atoms with E-state index in [4.69, 9.17) is 4.74 Å². The molecule has 1 atom stereocenters. The van der Waals surface area contributed by atoms with Gasteiger partial charge in [0, 0.05) is 28.3 Å². The molecule has 0 radical (unpaired) electrons. The second-order valence-electron chi connectivity index (χ2n) is 4.60. The zero-order valence-electron chi connectivity index (χ0n) is 11.7. The molecule has 0 bridgehead atoms. The van der Waals surface area contributed by atoms with Gasteiger partial charge in [-0.15, -0.1) is 11.3 Å². The first-order valence-electron chi connectivity index (χ1n) is 6.28. The van der Waals surface area contributed by atoms with E-state index in [1.807, 2.05) is 24.3 Å². The quantitative estimate of drug-likeness (QED) is 0.911. The number of aryl methyl sites for hydroxylation is 2. The Kier molecular flexibility index (Phi) is 4.37. The molecule has 0 spiro atoms. The van der Waals surface area contributed by atoms with E-state index in [2.05, 4.69) is 41.3 Å². The molecule has 0 aromatic carbocycles. The summed E-state index contributed by atoms with van der Waals surface area (Å²) in [6, 6.07) is 6.48. The predicted molar refractivity (Wildman–Crippen MR) is 79.2 cm³/mol. The number of rotatable bonds is 5. The molecule has 0 fully saturated rings. The number of hydrogen-bond donors (Lipinski definition) is 1. The number of ether oxygens (including phenoxy) is 1. The maximum absolute atomic E-state index is 5.15. The van der Waals surface area contributed by atoms with Crippen molar-refractivity contribution in [3.05, 3.63) is 33.8 Å². The van der Waals surface area contributed by atoms with Crippen LogP contribution >= 0.6 is 11.3 Å². The molecule has 0 aliphatic heterocycles. The highest BCUT2D eigenvalue weighted by molar-refractivity contribution is 7.11. The highest BCUT2D eigenvalue weighted by Crippen LogP contribution is 2.19. The molecule has 1 N–H and O–H groups in total. The van der Waals surface area contributed by atoms with Crippen LogP contribution < -0.4 is 10.1 Å². The van der Waals surface area contributed by atoms with E-state index in [-0.39, 0.29) is 0 Å². The number of methoxy groups -OCH3 is 1. The van der Waals surface area contributed by atoms with Crippen LogP contribution in [-0.4, -0.2) is 23.1 Å². The molecule has 2 aromatic rings. The van der Waals surface area contributed by atoms with Crippen LogP contribution in [0.25, 0.3) is 0 Å². The summed E-state index contributed by atoms with van der Waals surface area (Å²) in [7, 11) is 1.61. The molecule has 102 valence electrons. The molecular formula is C14H19N3OS. The van der Waals surface area contributed by atoms with Crippen molar-refractivity contribution in [2.45, 2.75) is 33.2 Å². The Labute approximate surface area is 117 Å². The number of hydrogen-bond acceptors (Lipinski definition) is 5. The zero-order chi connectivity index (χ0) is 13.8. The van der Waals surface area contributed by atoms with E-state index >= 15 is 0 Å². The highest BCUT2D eigenvalue weighted by Gasteiger charge is 2.08. The van der Waals surface area contributed by atoms with Gasteiger partial charge >= 0.3 is 0 Å². The summed E-state index contributed by atoms with van der Waals surface area (Å²) in [4.78, 5) is 11.3. The molecule has 4 nitrogen and oxygen atoms in total. The molecule has 1 unspecified atom stereocenters. The lowest BCUT2D eigenvalue weighted by atomic mass is 10.2. The van der Waals surface area contributed by atoms with Crippen molar-refractivity contribution < 1.29 is 4.74 Å². The standard InChI is InChI=1S/C14H19N3OS/c1-9(7-12-6-5-10(2)19-12)15-13-8-14(18-4)17-11(3)16-13/h5-6,8-9H,7H2,1-4H3,(H,15,16,17). The van der Waals surface area contributed by atoms with Crippen molar-refractivity contribution >= 4 is 17.2 Å². The molecule has 0 saturated carbocycles. The lowest BCUT2D eigenvalue weighted by molar-refractivity contribution is 0.396. The summed E-state index contributed by atoms with van der Waals surface area (Å²) in [5.41, 5.74) is 0. The largest absolute Gasteiger partial charge is 0.481 e. The number of anilines is 1. The van der Waals surface area contributed by atoms with Gasteiger partial charge in [0.1, 0.15) is 11.6 Å². The molecule has 2 rings (SSSR count). The Hall–Kier alpha value is -1.62. The van der Waals surface area contributed by atoms with Crippen LogP contribution in [0.15, 0.2) is 18.2 Å². The van der Waals surface area contributed by atoms with E-state index in [9.17, 15) is 0 Å². The van der Waals surface area contributed by atoms with Crippen molar-refractivity contribution in [3.8, 4) is 5.88 Å². The second kappa shape index (κ2) is 6.02. The fraction of sp³-hybridized carbons (Fsp3) is 0.429. The fourth-order valence-corrected chi connectivity index (χ4v) is 2.94. The molecule has 2 heterocycles.